The molecule has 2 saturated carbocycles. The minimum absolute atomic E-state index is 0.438. The van der Waals surface area contributed by atoms with Gasteiger partial charge in [0.1, 0.15) is 5.78 Å². The van der Waals surface area contributed by atoms with Crippen LogP contribution in [0.4, 0.5) is 0 Å². The van der Waals surface area contributed by atoms with Crippen LogP contribution >= 0.6 is 0 Å². The molecule has 1 nitrogen and oxygen atoms in total. The normalized spacial score (nSPS) is 25.3. The Balaban J connectivity index is 1.77. The van der Waals surface area contributed by atoms with Crippen LogP contribution in [0.1, 0.15) is 70.6 Å². The first-order valence-corrected chi connectivity index (χ1v) is 6.89. The zero-order valence-corrected chi connectivity index (χ0v) is 9.84. The van der Waals surface area contributed by atoms with Crippen molar-refractivity contribution in [2.45, 2.75) is 70.6 Å². The maximum absolute atomic E-state index is 12.1. The number of carbonyl (C=O) groups is 1. The highest BCUT2D eigenvalue weighted by atomic mass is 16.1. The van der Waals surface area contributed by atoms with Crippen molar-refractivity contribution in [2.75, 3.05) is 0 Å². The van der Waals surface area contributed by atoms with Gasteiger partial charge in [-0.05, 0) is 18.8 Å². The van der Waals surface area contributed by atoms with Crippen LogP contribution in [-0.2, 0) is 4.79 Å². The van der Waals surface area contributed by atoms with E-state index in [1.807, 2.05) is 0 Å². The van der Waals surface area contributed by atoms with Crippen LogP contribution in [-0.4, -0.2) is 5.78 Å². The summed E-state index contributed by atoms with van der Waals surface area (Å²) in [6, 6.07) is 0. The maximum atomic E-state index is 12.1. The molecule has 0 atom stereocenters. The number of ketones is 1. The highest BCUT2D eigenvalue weighted by Crippen LogP contribution is 2.31. The average Bonchev–Trinajstić information content (AvgIpc) is 2.58. The van der Waals surface area contributed by atoms with Crippen LogP contribution in [0, 0.1) is 11.8 Å². The molecule has 15 heavy (non-hydrogen) atoms. The Bertz CT molecular complexity index is 195. The molecule has 0 heterocycles. The fourth-order valence-electron chi connectivity index (χ4n) is 3.27. The zero-order chi connectivity index (χ0) is 10.5. The van der Waals surface area contributed by atoms with Gasteiger partial charge in [0.2, 0.25) is 0 Å². The van der Waals surface area contributed by atoms with E-state index in [1.165, 1.54) is 64.2 Å². The first-order valence-electron chi connectivity index (χ1n) is 6.89. The highest BCUT2D eigenvalue weighted by molar-refractivity contribution is 5.81. The molecule has 0 radical (unpaired) electrons. The van der Waals surface area contributed by atoms with Crippen molar-refractivity contribution in [3.8, 4) is 0 Å². The lowest BCUT2D eigenvalue weighted by molar-refractivity contribution is -0.124. The Kier molecular flexibility index (Phi) is 4.22. The molecular weight excluding hydrogens is 184 g/mol. The van der Waals surface area contributed by atoms with E-state index in [1.54, 1.807) is 0 Å². The molecule has 1 heteroatoms. The van der Waals surface area contributed by atoms with Crippen LogP contribution in [0.2, 0.25) is 0 Å². The Hall–Kier alpha value is -0.330. The second-order valence-electron chi connectivity index (χ2n) is 5.51. The second kappa shape index (κ2) is 5.67. The van der Waals surface area contributed by atoms with Gasteiger partial charge in [-0.15, -0.1) is 0 Å². The van der Waals surface area contributed by atoms with Crippen molar-refractivity contribution in [2.24, 2.45) is 11.8 Å². The molecule has 0 bridgehead atoms. The quantitative estimate of drug-likeness (QED) is 0.638. The lowest BCUT2D eigenvalue weighted by atomic mass is 9.89. The fraction of sp³-hybridized carbons (Fsp3) is 0.929. The van der Waals surface area contributed by atoms with Crippen molar-refractivity contribution in [3.05, 3.63) is 0 Å². The summed E-state index contributed by atoms with van der Waals surface area (Å²) in [6.45, 7) is 0. The van der Waals surface area contributed by atoms with Crippen LogP contribution in [0.25, 0.3) is 0 Å². The molecule has 86 valence electrons. The fourth-order valence-corrected chi connectivity index (χ4v) is 3.27. The predicted molar refractivity (Wildman–Crippen MR) is 62.8 cm³/mol. The third-order valence-electron chi connectivity index (χ3n) is 4.28. The summed E-state index contributed by atoms with van der Waals surface area (Å²) in [5.41, 5.74) is 0. The highest BCUT2D eigenvalue weighted by Gasteiger charge is 2.24. The first kappa shape index (κ1) is 11.2. The average molecular weight is 208 g/mol. The summed E-state index contributed by atoms with van der Waals surface area (Å²) < 4.78 is 0. The molecule has 0 saturated heterocycles. The van der Waals surface area contributed by atoms with E-state index >= 15 is 0 Å². The number of Topliss-reactive ketones (excluding diaryl/α,β-unsaturated/α-hetero) is 1. The molecule has 0 amide bonds. The smallest absolute Gasteiger partial charge is 0.136 e. The van der Waals surface area contributed by atoms with E-state index in [0.29, 0.717) is 11.7 Å². The lowest BCUT2D eigenvalue weighted by Crippen LogP contribution is -2.16. The Morgan fingerprint density at radius 1 is 0.800 bits per heavy atom. The molecule has 0 aromatic rings. The molecule has 0 spiro atoms. The molecular formula is C14H24O. The minimum Gasteiger partial charge on any atom is -0.299 e. The van der Waals surface area contributed by atoms with Crippen molar-refractivity contribution < 1.29 is 4.79 Å². The van der Waals surface area contributed by atoms with Gasteiger partial charge in [0.05, 0.1) is 0 Å². The molecule has 2 rings (SSSR count). The molecule has 0 aromatic heterocycles. The van der Waals surface area contributed by atoms with E-state index in [9.17, 15) is 4.79 Å². The maximum Gasteiger partial charge on any atom is 0.136 e. The van der Waals surface area contributed by atoms with Crippen molar-refractivity contribution in [1.82, 2.24) is 0 Å². The summed E-state index contributed by atoms with van der Waals surface area (Å²) >= 11 is 0. The third kappa shape index (κ3) is 3.32. The van der Waals surface area contributed by atoms with Gasteiger partial charge in [-0.2, -0.15) is 0 Å². The molecule has 2 aliphatic carbocycles. The number of hydrogen-bond acceptors (Lipinski definition) is 1. The van der Waals surface area contributed by atoms with E-state index in [-0.39, 0.29) is 0 Å². The van der Waals surface area contributed by atoms with Gasteiger partial charge in [0, 0.05) is 12.3 Å². The molecule has 2 fully saturated rings. The van der Waals surface area contributed by atoms with E-state index < -0.39 is 0 Å². The van der Waals surface area contributed by atoms with Gasteiger partial charge in [0.25, 0.3) is 0 Å². The van der Waals surface area contributed by atoms with E-state index in [0.717, 1.165) is 12.3 Å². The molecule has 0 N–H and O–H groups in total. The Morgan fingerprint density at radius 3 is 1.93 bits per heavy atom. The third-order valence-corrected chi connectivity index (χ3v) is 4.28. The number of rotatable bonds is 3. The summed E-state index contributed by atoms with van der Waals surface area (Å²) in [4.78, 5) is 12.1. The Labute approximate surface area is 93.6 Å². The van der Waals surface area contributed by atoms with Crippen molar-refractivity contribution >= 4 is 5.78 Å². The van der Waals surface area contributed by atoms with Gasteiger partial charge < -0.3 is 0 Å². The molecule has 2 aliphatic rings. The summed E-state index contributed by atoms with van der Waals surface area (Å²) in [7, 11) is 0. The SMILES string of the molecule is O=C(CC1CCCC1)C1CCCCCC1. The lowest BCUT2D eigenvalue weighted by Gasteiger charge is -2.15. The zero-order valence-electron chi connectivity index (χ0n) is 9.84. The molecule has 0 unspecified atom stereocenters. The summed E-state index contributed by atoms with van der Waals surface area (Å²) in [5.74, 6) is 1.79. The number of carbonyl (C=O) groups excluding carboxylic acids is 1. The van der Waals surface area contributed by atoms with E-state index in [2.05, 4.69) is 0 Å². The summed E-state index contributed by atoms with van der Waals surface area (Å²) in [5, 5.41) is 0. The monoisotopic (exact) mass is 208 g/mol. The predicted octanol–water partition coefficient (Wildman–Crippen LogP) is 4.11. The minimum atomic E-state index is 0.438. The van der Waals surface area contributed by atoms with Gasteiger partial charge in [-0.3, -0.25) is 4.79 Å². The van der Waals surface area contributed by atoms with Gasteiger partial charge in [-0.1, -0.05) is 51.4 Å². The van der Waals surface area contributed by atoms with Crippen LogP contribution in [0.3, 0.4) is 0 Å². The van der Waals surface area contributed by atoms with Gasteiger partial charge in [0.15, 0.2) is 0 Å². The van der Waals surface area contributed by atoms with Crippen LogP contribution in [0.15, 0.2) is 0 Å². The first-order chi connectivity index (χ1) is 7.36. The van der Waals surface area contributed by atoms with E-state index in [4.69, 9.17) is 0 Å². The molecule has 0 aromatic carbocycles. The Morgan fingerprint density at radius 2 is 1.33 bits per heavy atom. The standard InChI is InChI=1S/C14H24O/c15-14(11-12-7-5-6-8-12)13-9-3-1-2-4-10-13/h12-13H,1-11H2. The largest absolute Gasteiger partial charge is 0.299 e. The van der Waals surface area contributed by atoms with Gasteiger partial charge >= 0.3 is 0 Å². The molecule has 0 aliphatic heterocycles. The van der Waals surface area contributed by atoms with Crippen molar-refractivity contribution in [1.29, 1.82) is 0 Å². The van der Waals surface area contributed by atoms with Crippen molar-refractivity contribution in [3.63, 3.8) is 0 Å². The number of hydrogen-bond donors (Lipinski definition) is 0. The second-order valence-corrected chi connectivity index (χ2v) is 5.51. The van der Waals surface area contributed by atoms with Crippen LogP contribution < -0.4 is 0 Å². The summed E-state index contributed by atoms with van der Waals surface area (Å²) in [6.07, 6.45) is 13.9. The topological polar surface area (TPSA) is 17.1 Å². The van der Waals surface area contributed by atoms with Crippen LogP contribution in [0.5, 0.6) is 0 Å². The van der Waals surface area contributed by atoms with Gasteiger partial charge in [-0.25, -0.2) is 0 Å².